The van der Waals surface area contributed by atoms with E-state index in [1.54, 1.807) is 19.9 Å². The Balaban J connectivity index is 2.38. The van der Waals surface area contributed by atoms with Crippen LogP contribution in [0.25, 0.3) is 0 Å². The van der Waals surface area contributed by atoms with Gasteiger partial charge in [-0.1, -0.05) is 29.9 Å². The zero-order valence-electron chi connectivity index (χ0n) is 14.9. The summed E-state index contributed by atoms with van der Waals surface area (Å²) in [6, 6.07) is 0. The van der Waals surface area contributed by atoms with Gasteiger partial charge in [0.05, 0.1) is 5.92 Å². The molecule has 0 aromatic carbocycles. The number of fused-ring (bicyclic) bond motifs is 1. The van der Waals surface area contributed by atoms with Crippen LogP contribution in [-0.4, -0.2) is 24.1 Å². The molecule has 2 aliphatic rings. The predicted molar refractivity (Wildman–Crippen MR) is 93.2 cm³/mol. The molecular weight excluding hydrogens is 304 g/mol. The molecule has 1 fully saturated rings. The fourth-order valence-corrected chi connectivity index (χ4v) is 3.08. The first-order valence-corrected chi connectivity index (χ1v) is 8.40. The Bertz CT molecular complexity index is 636. The maximum absolute atomic E-state index is 12.3. The minimum Gasteiger partial charge on any atom is -0.458 e. The third kappa shape index (κ3) is 4.05. The van der Waals surface area contributed by atoms with Crippen molar-refractivity contribution in [3.8, 4) is 0 Å². The lowest BCUT2D eigenvalue weighted by Crippen LogP contribution is -2.33. The van der Waals surface area contributed by atoms with Crippen LogP contribution in [0.4, 0.5) is 0 Å². The number of carbonyl (C=O) groups is 2. The lowest BCUT2D eigenvalue weighted by molar-refractivity contribution is -0.147. The number of hydrogen-bond acceptors (Lipinski definition) is 4. The van der Waals surface area contributed by atoms with E-state index in [0.29, 0.717) is 17.6 Å². The average molecular weight is 330 g/mol. The summed E-state index contributed by atoms with van der Waals surface area (Å²) < 4.78 is 11.2. The monoisotopic (exact) mass is 330 g/mol. The molecule has 0 unspecified atom stereocenters. The van der Waals surface area contributed by atoms with Crippen LogP contribution >= 0.6 is 0 Å². The molecule has 130 valence electrons. The van der Waals surface area contributed by atoms with Gasteiger partial charge in [-0.2, -0.15) is 0 Å². The van der Waals surface area contributed by atoms with Gasteiger partial charge in [0.2, 0.25) is 0 Å². The van der Waals surface area contributed by atoms with Gasteiger partial charge in [0, 0.05) is 17.6 Å². The van der Waals surface area contributed by atoms with Gasteiger partial charge in [-0.15, -0.1) is 0 Å². The zero-order valence-corrected chi connectivity index (χ0v) is 14.9. The van der Waals surface area contributed by atoms with E-state index in [4.69, 9.17) is 9.47 Å². The van der Waals surface area contributed by atoms with Crippen molar-refractivity contribution >= 4 is 11.9 Å². The number of ether oxygens (including phenoxy) is 2. The molecule has 24 heavy (non-hydrogen) atoms. The van der Waals surface area contributed by atoms with Gasteiger partial charge in [-0.05, 0) is 46.6 Å². The molecule has 1 aliphatic carbocycles. The Morgan fingerprint density at radius 1 is 1.38 bits per heavy atom. The second-order valence-corrected chi connectivity index (χ2v) is 6.64. The van der Waals surface area contributed by atoms with Crippen molar-refractivity contribution in [1.29, 1.82) is 0 Å². The van der Waals surface area contributed by atoms with E-state index in [9.17, 15) is 9.59 Å². The Hall–Kier alpha value is -2.10. The summed E-state index contributed by atoms with van der Waals surface area (Å²) in [6.45, 7) is 11.5. The first-order chi connectivity index (χ1) is 11.3. The molecular formula is C20H26O4. The van der Waals surface area contributed by atoms with E-state index in [1.807, 2.05) is 19.9 Å². The van der Waals surface area contributed by atoms with Crippen molar-refractivity contribution in [3.05, 3.63) is 47.1 Å². The van der Waals surface area contributed by atoms with Crippen LogP contribution in [0.5, 0.6) is 0 Å². The van der Waals surface area contributed by atoms with E-state index in [-0.39, 0.29) is 11.9 Å². The Labute approximate surface area is 143 Å². The zero-order chi connectivity index (χ0) is 17.9. The Morgan fingerprint density at radius 3 is 2.75 bits per heavy atom. The number of carbonyl (C=O) groups excluding carboxylic acids is 2. The van der Waals surface area contributed by atoms with E-state index >= 15 is 0 Å². The molecule has 4 heteroatoms. The van der Waals surface area contributed by atoms with Crippen molar-refractivity contribution in [2.24, 2.45) is 5.92 Å². The first kappa shape index (κ1) is 18.2. The Kier molecular flexibility index (Phi) is 5.81. The summed E-state index contributed by atoms with van der Waals surface area (Å²) in [5.74, 6) is -1.11. The topological polar surface area (TPSA) is 52.6 Å². The Morgan fingerprint density at radius 2 is 2.08 bits per heavy atom. The minimum absolute atomic E-state index is 0.345. The molecule has 1 saturated heterocycles. The molecule has 0 N–H and O–H groups in total. The van der Waals surface area contributed by atoms with Gasteiger partial charge in [-0.25, -0.2) is 9.59 Å². The van der Waals surface area contributed by atoms with Gasteiger partial charge in [0.1, 0.15) is 12.2 Å². The van der Waals surface area contributed by atoms with Crippen LogP contribution < -0.4 is 0 Å². The molecule has 0 spiro atoms. The highest BCUT2D eigenvalue weighted by molar-refractivity contribution is 5.92. The van der Waals surface area contributed by atoms with Gasteiger partial charge >= 0.3 is 11.9 Å². The third-order valence-electron chi connectivity index (χ3n) is 4.68. The molecule has 1 heterocycles. The number of rotatable bonds is 2. The standard InChI is InChI=1S/C20H26O4/c1-6-14(4)19(21)23-16-10-12(2)8-7-9-13(3)11-17-18(16)15(5)20(22)24-17/h6,8,11,16-18H,5,7,9-10H2,1-4H3/b12-8-,13-11-,14-6+/t16-,17-,18-/m1/s1. The molecule has 3 atom stereocenters. The molecule has 0 radical (unpaired) electrons. The quantitative estimate of drug-likeness (QED) is 0.436. The smallest absolute Gasteiger partial charge is 0.334 e. The van der Waals surface area contributed by atoms with E-state index in [0.717, 1.165) is 24.0 Å². The summed E-state index contributed by atoms with van der Waals surface area (Å²) in [5, 5.41) is 0. The van der Waals surface area contributed by atoms with Crippen LogP contribution in [-0.2, 0) is 19.1 Å². The van der Waals surface area contributed by atoms with Crippen molar-refractivity contribution in [3.63, 3.8) is 0 Å². The highest BCUT2D eigenvalue weighted by atomic mass is 16.6. The maximum Gasteiger partial charge on any atom is 0.334 e. The highest BCUT2D eigenvalue weighted by Gasteiger charge is 2.44. The lowest BCUT2D eigenvalue weighted by atomic mass is 9.85. The van der Waals surface area contributed by atoms with Crippen LogP contribution in [0.2, 0.25) is 0 Å². The summed E-state index contributed by atoms with van der Waals surface area (Å²) >= 11 is 0. The van der Waals surface area contributed by atoms with Crippen molar-refractivity contribution in [1.82, 2.24) is 0 Å². The van der Waals surface area contributed by atoms with Crippen LogP contribution in [0.15, 0.2) is 47.1 Å². The van der Waals surface area contributed by atoms with Gasteiger partial charge < -0.3 is 9.47 Å². The fraction of sp³-hybridized carbons (Fsp3) is 0.500. The van der Waals surface area contributed by atoms with Crippen LogP contribution in [0.1, 0.15) is 47.0 Å². The van der Waals surface area contributed by atoms with Crippen LogP contribution in [0, 0.1) is 5.92 Å². The first-order valence-electron chi connectivity index (χ1n) is 8.40. The van der Waals surface area contributed by atoms with Gasteiger partial charge in [0.15, 0.2) is 0 Å². The summed E-state index contributed by atoms with van der Waals surface area (Å²) in [6.07, 6.45) is 7.40. The molecule has 0 saturated carbocycles. The lowest BCUT2D eigenvalue weighted by Gasteiger charge is -2.27. The number of hydrogen-bond donors (Lipinski definition) is 0. The molecule has 1 aliphatic heterocycles. The third-order valence-corrected chi connectivity index (χ3v) is 4.68. The highest BCUT2D eigenvalue weighted by Crippen LogP contribution is 2.36. The molecule has 4 nitrogen and oxygen atoms in total. The van der Waals surface area contributed by atoms with Crippen molar-refractivity contribution in [2.45, 2.75) is 59.2 Å². The van der Waals surface area contributed by atoms with Gasteiger partial charge in [-0.3, -0.25) is 0 Å². The second-order valence-electron chi connectivity index (χ2n) is 6.64. The minimum atomic E-state index is -0.463. The SMILES string of the molecule is C=C1C(=O)O[C@@H]2/C=C(/C)CC/C=C(/C)C[C@@H](OC(=O)/C(C)=C/C)[C@@H]12. The normalized spacial score (nSPS) is 32.8. The molecule has 2 rings (SSSR count). The van der Waals surface area contributed by atoms with Crippen molar-refractivity contribution in [2.75, 3.05) is 0 Å². The second kappa shape index (κ2) is 7.65. The van der Waals surface area contributed by atoms with Gasteiger partial charge in [0.25, 0.3) is 0 Å². The maximum atomic E-state index is 12.3. The molecule has 0 bridgehead atoms. The summed E-state index contributed by atoms with van der Waals surface area (Å²) in [5.41, 5.74) is 3.24. The predicted octanol–water partition coefficient (Wildman–Crippen LogP) is 4.04. The summed E-state index contributed by atoms with van der Waals surface area (Å²) in [7, 11) is 0. The summed E-state index contributed by atoms with van der Waals surface area (Å²) in [4.78, 5) is 24.3. The largest absolute Gasteiger partial charge is 0.458 e. The molecule has 0 amide bonds. The fourth-order valence-electron chi connectivity index (χ4n) is 3.08. The van der Waals surface area contributed by atoms with E-state index < -0.39 is 18.2 Å². The number of esters is 2. The van der Waals surface area contributed by atoms with E-state index in [1.165, 1.54) is 0 Å². The molecule has 0 aromatic rings. The van der Waals surface area contributed by atoms with E-state index in [2.05, 4.69) is 12.7 Å². The molecule has 0 aromatic heterocycles. The average Bonchev–Trinajstić information content (AvgIpc) is 2.79. The number of allylic oxidation sites excluding steroid dienone is 3. The van der Waals surface area contributed by atoms with Crippen LogP contribution in [0.3, 0.4) is 0 Å². The van der Waals surface area contributed by atoms with Crippen molar-refractivity contribution < 1.29 is 19.1 Å².